The minimum absolute atomic E-state index is 0.0696. The molecule has 1 N–H and O–H groups in total. The van der Waals surface area contributed by atoms with Crippen LogP contribution in [0.25, 0.3) is 0 Å². The van der Waals surface area contributed by atoms with E-state index < -0.39 is 0 Å². The van der Waals surface area contributed by atoms with Gasteiger partial charge in [0.25, 0.3) is 0 Å². The van der Waals surface area contributed by atoms with Crippen LogP contribution in [-0.4, -0.2) is 44.7 Å². The molecule has 0 aromatic heterocycles. The number of carbonyl (C=O) groups excluding carboxylic acids is 2. The quantitative estimate of drug-likeness (QED) is 0.743. The van der Waals surface area contributed by atoms with E-state index in [0.29, 0.717) is 12.2 Å². The maximum Gasteiger partial charge on any atom is 0.338 e. The highest BCUT2D eigenvalue weighted by Crippen LogP contribution is 2.45. The van der Waals surface area contributed by atoms with Crippen LogP contribution in [0.1, 0.15) is 48.3 Å². The summed E-state index contributed by atoms with van der Waals surface area (Å²) in [5.74, 6) is -0.290. The Morgan fingerprint density at radius 3 is 2.53 bits per heavy atom. The standard InChI is InChI=1S/C24H31N3O3/c1-7-30-22(28)17-11-12-20-18(13-17)15-24(2,3)21(25-20)16-9-8-10-19(14-16)27(6)23(29)26(4)5/h8-14,21,25H,7,15H2,1-6H3. The lowest BCUT2D eigenvalue weighted by atomic mass is 9.72. The second-order valence-electron chi connectivity index (χ2n) is 8.67. The highest BCUT2D eigenvalue weighted by Gasteiger charge is 2.36. The van der Waals surface area contributed by atoms with Gasteiger partial charge >= 0.3 is 12.0 Å². The Bertz CT molecular complexity index is 952. The third-order valence-corrected chi connectivity index (χ3v) is 5.60. The molecule has 1 heterocycles. The maximum absolute atomic E-state index is 12.4. The number of esters is 1. The third kappa shape index (κ3) is 4.27. The average molecular weight is 410 g/mol. The van der Waals surface area contributed by atoms with Crippen molar-refractivity contribution in [2.24, 2.45) is 5.41 Å². The van der Waals surface area contributed by atoms with E-state index in [4.69, 9.17) is 4.74 Å². The molecule has 2 amide bonds. The number of nitrogens with zero attached hydrogens (tertiary/aromatic N) is 2. The number of fused-ring (bicyclic) bond motifs is 1. The van der Waals surface area contributed by atoms with Crippen molar-refractivity contribution in [1.82, 2.24) is 4.90 Å². The number of rotatable bonds is 4. The second-order valence-corrected chi connectivity index (χ2v) is 8.67. The van der Waals surface area contributed by atoms with Gasteiger partial charge in [0.15, 0.2) is 0 Å². The number of carbonyl (C=O) groups is 2. The Balaban J connectivity index is 1.91. The molecule has 0 bridgehead atoms. The SMILES string of the molecule is CCOC(=O)c1ccc2c(c1)CC(C)(C)C(c1cccc(N(C)C(=O)N(C)C)c1)N2. The minimum Gasteiger partial charge on any atom is -0.462 e. The van der Waals surface area contributed by atoms with Crippen LogP contribution < -0.4 is 10.2 Å². The van der Waals surface area contributed by atoms with Crippen LogP contribution in [0.3, 0.4) is 0 Å². The Labute approximate surface area is 178 Å². The molecule has 1 unspecified atom stereocenters. The van der Waals surface area contributed by atoms with Crippen molar-refractivity contribution in [3.63, 3.8) is 0 Å². The molecule has 3 rings (SSSR count). The Morgan fingerprint density at radius 1 is 1.13 bits per heavy atom. The van der Waals surface area contributed by atoms with Crippen molar-refractivity contribution in [1.29, 1.82) is 0 Å². The fraction of sp³-hybridized carbons (Fsp3) is 0.417. The van der Waals surface area contributed by atoms with Gasteiger partial charge in [-0.05, 0) is 60.2 Å². The van der Waals surface area contributed by atoms with Gasteiger partial charge in [0, 0.05) is 32.5 Å². The first-order chi connectivity index (χ1) is 14.1. The Morgan fingerprint density at radius 2 is 1.87 bits per heavy atom. The molecule has 2 aromatic rings. The van der Waals surface area contributed by atoms with E-state index in [-0.39, 0.29) is 23.5 Å². The number of hydrogen-bond donors (Lipinski definition) is 1. The molecule has 1 atom stereocenters. The van der Waals surface area contributed by atoms with Crippen molar-refractivity contribution in [3.8, 4) is 0 Å². The first-order valence-electron chi connectivity index (χ1n) is 10.3. The summed E-state index contributed by atoms with van der Waals surface area (Å²) in [6.07, 6.45) is 0.823. The Kier molecular flexibility index (Phi) is 6.06. The summed E-state index contributed by atoms with van der Waals surface area (Å²) < 4.78 is 5.14. The number of hydrogen-bond acceptors (Lipinski definition) is 4. The van der Waals surface area contributed by atoms with E-state index in [1.165, 1.54) is 0 Å². The van der Waals surface area contributed by atoms with Crippen molar-refractivity contribution in [3.05, 3.63) is 59.2 Å². The zero-order valence-electron chi connectivity index (χ0n) is 18.7. The molecule has 1 aliphatic heterocycles. The van der Waals surface area contributed by atoms with Gasteiger partial charge < -0.3 is 15.0 Å². The van der Waals surface area contributed by atoms with E-state index in [1.807, 2.05) is 31.2 Å². The van der Waals surface area contributed by atoms with Gasteiger partial charge in [-0.25, -0.2) is 9.59 Å². The van der Waals surface area contributed by atoms with Gasteiger partial charge in [0.05, 0.1) is 18.2 Å². The summed E-state index contributed by atoms with van der Waals surface area (Å²) in [6, 6.07) is 13.8. The highest BCUT2D eigenvalue weighted by molar-refractivity contribution is 5.91. The van der Waals surface area contributed by atoms with Gasteiger partial charge in [0.1, 0.15) is 0 Å². The van der Waals surface area contributed by atoms with E-state index in [9.17, 15) is 9.59 Å². The zero-order valence-corrected chi connectivity index (χ0v) is 18.7. The van der Waals surface area contributed by atoms with E-state index in [2.05, 4.69) is 31.3 Å². The zero-order chi connectivity index (χ0) is 22.1. The molecule has 30 heavy (non-hydrogen) atoms. The molecule has 160 valence electrons. The maximum atomic E-state index is 12.4. The highest BCUT2D eigenvalue weighted by atomic mass is 16.5. The van der Waals surface area contributed by atoms with Crippen LogP contribution in [0.15, 0.2) is 42.5 Å². The van der Waals surface area contributed by atoms with E-state index in [0.717, 1.165) is 28.9 Å². The van der Waals surface area contributed by atoms with Crippen molar-refractivity contribution in [2.45, 2.75) is 33.2 Å². The van der Waals surface area contributed by atoms with Crippen LogP contribution in [0.5, 0.6) is 0 Å². The number of ether oxygens (including phenoxy) is 1. The largest absolute Gasteiger partial charge is 0.462 e. The van der Waals surface area contributed by atoms with Gasteiger partial charge in [-0.15, -0.1) is 0 Å². The second kappa shape index (κ2) is 8.38. The van der Waals surface area contributed by atoms with Crippen LogP contribution in [0.2, 0.25) is 0 Å². The smallest absolute Gasteiger partial charge is 0.338 e. The molecule has 1 aliphatic rings. The van der Waals surface area contributed by atoms with Gasteiger partial charge in [0.2, 0.25) is 0 Å². The predicted molar refractivity (Wildman–Crippen MR) is 120 cm³/mol. The summed E-state index contributed by atoms with van der Waals surface area (Å²) in [4.78, 5) is 27.7. The van der Waals surface area contributed by atoms with Gasteiger partial charge in [-0.1, -0.05) is 26.0 Å². The van der Waals surface area contributed by atoms with Gasteiger partial charge in [-0.2, -0.15) is 0 Å². The lowest BCUT2D eigenvalue weighted by molar-refractivity contribution is 0.0526. The summed E-state index contributed by atoms with van der Waals surface area (Å²) >= 11 is 0. The van der Waals surface area contributed by atoms with E-state index >= 15 is 0 Å². The summed E-state index contributed by atoms with van der Waals surface area (Å²) in [6.45, 7) is 6.60. The topological polar surface area (TPSA) is 61.9 Å². The summed E-state index contributed by atoms with van der Waals surface area (Å²) in [5, 5.41) is 3.65. The molecule has 0 saturated carbocycles. The molecule has 2 aromatic carbocycles. The van der Waals surface area contributed by atoms with Gasteiger partial charge in [-0.3, -0.25) is 4.90 Å². The predicted octanol–water partition coefficient (Wildman–Crippen LogP) is 4.72. The van der Waals surface area contributed by atoms with Crippen LogP contribution >= 0.6 is 0 Å². The van der Waals surface area contributed by atoms with Crippen molar-refractivity contribution >= 4 is 23.4 Å². The van der Waals surface area contributed by atoms with E-state index in [1.54, 1.807) is 37.0 Å². The van der Waals surface area contributed by atoms with Crippen LogP contribution in [-0.2, 0) is 11.2 Å². The summed E-state index contributed by atoms with van der Waals surface area (Å²) in [5.41, 5.74) is 4.59. The molecular weight excluding hydrogens is 378 g/mol. The molecular formula is C24H31N3O3. The number of nitrogens with one attached hydrogen (secondary N) is 1. The number of urea groups is 1. The first kappa shape index (κ1) is 21.7. The number of anilines is 2. The van der Waals surface area contributed by atoms with Crippen molar-refractivity contribution in [2.75, 3.05) is 38.0 Å². The summed E-state index contributed by atoms with van der Waals surface area (Å²) in [7, 11) is 5.28. The van der Waals surface area contributed by atoms with Crippen molar-refractivity contribution < 1.29 is 14.3 Å². The lowest BCUT2D eigenvalue weighted by Crippen LogP contribution is -2.37. The Hall–Kier alpha value is -3.02. The fourth-order valence-corrected chi connectivity index (χ4v) is 4.02. The number of benzene rings is 2. The third-order valence-electron chi connectivity index (χ3n) is 5.60. The molecule has 0 aliphatic carbocycles. The average Bonchev–Trinajstić information content (AvgIpc) is 2.71. The first-order valence-corrected chi connectivity index (χ1v) is 10.3. The number of amides is 2. The molecule has 0 fully saturated rings. The molecule has 6 nitrogen and oxygen atoms in total. The van der Waals surface area contributed by atoms with Crippen LogP contribution in [0, 0.1) is 5.41 Å². The molecule has 0 saturated heterocycles. The molecule has 6 heteroatoms. The molecule has 0 radical (unpaired) electrons. The van der Waals surface area contributed by atoms with Crippen LogP contribution in [0.4, 0.5) is 16.2 Å². The molecule has 0 spiro atoms. The fourth-order valence-electron chi connectivity index (χ4n) is 4.02. The normalized spacial score (nSPS) is 16.8. The monoisotopic (exact) mass is 409 g/mol. The lowest BCUT2D eigenvalue weighted by Gasteiger charge is -2.41. The minimum atomic E-state index is -0.290.